The molecule has 0 aromatic heterocycles. The molecule has 8 heteroatoms. The zero-order valence-corrected chi connectivity index (χ0v) is 11.5. The Morgan fingerprint density at radius 2 is 1.95 bits per heavy atom. The van der Waals surface area contributed by atoms with Crippen LogP contribution >= 0.6 is 0 Å². The largest absolute Gasteiger partial charge is 0.497 e. The van der Waals surface area contributed by atoms with Gasteiger partial charge in [0.1, 0.15) is 22.4 Å². The smallest absolute Gasteiger partial charge is 0.321 e. The summed E-state index contributed by atoms with van der Waals surface area (Å²) >= 11 is 0. The topological polar surface area (TPSA) is 102 Å². The quantitative estimate of drug-likeness (QED) is 0.788. The molecule has 0 saturated carbocycles. The van der Waals surface area contributed by atoms with E-state index < -0.39 is 22.0 Å². The van der Waals surface area contributed by atoms with E-state index in [0.717, 1.165) is 0 Å². The Labute approximate surface area is 111 Å². The molecule has 1 rings (SSSR count). The highest BCUT2D eigenvalue weighted by atomic mass is 32.2. The first-order chi connectivity index (χ1) is 8.81. The molecule has 19 heavy (non-hydrogen) atoms. The molecule has 0 spiro atoms. The van der Waals surface area contributed by atoms with Crippen LogP contribution in [0.4, 0.5) is 0 Å². The Hall–Kier alpha value is -1.80. The van der Waals surface area contributed by atoms with E-state index >= 15 is 0 Å². The summed E-state index contributed by atoms with van der Waals surface area (Å²) in [5, 5.41) is 8.74. The van der Waals surface area contributed by atoms with Gasteiger partial charge in [0.05, 0.1) is 14.2 Å². The summed E-state index contributed by atoms with van der Waals surface area (Å²) < 4.78 is 36.1. The molecule has 1 aromatic rings. The maximum atomic E-state index is 12.1. The van der Waals surface area contributed by atoms with E-state index in [0.29, 0.717) is 5.75 Å². The highest BCUT2D eigenvalue weighted by molar-refractivity contribution is 7.89. The second-order valence-corrected chi connectivity index (χ2v) is 5.38. The highest BCUT2D eigenvalue weighted by Gasteiger charge is 2.25. The van der Waals surface area contributed by atoms with Gasteiger partial charge in [-0.3, -0.25) is 4.79 Å². The SMILES string of the molecule is COc1ccc(OC)c(S(=O)(=O)N[C@@H](C)C(=O)O)c1. The van der Waals surface area contributed by atoms with Crippen LogP contribution in [0.25, 0.3) is 0 Å². The molecule has 1 atom stereocenters. The van der Waals surface area contributed by atoms with Gasteiger partial charge in [0.25, 0.3) is 0 Å². The van der Waals surface area contributed by atoms with Crippen molar-refractivity contribution in [3.63, 3.8) is 0 Å². The second-order valence-electron chi connectivity index (χ2n) is 3.70. The van der Waals surface area contributed by atoms with Crippen LogP contribution in [-0.2, 0) is 14.8 Å². The first kappa shape index (κ1) is 15.3. The van der Waals surface area contributed by atoms with E-state index in [4.69, 9.17) is 14.6 Å². The molecule has 0 amide bonds. The Bertz CT molecular complexity index is 569. The van der Waals surface area contributed by atoms with Gasteiger partial charge in [0.15, 0.2) is 0 Å². The molecule has 0 saturated heterocycles. The van der Waals surface area contributed by atoms with E-state index in [1.54, 1.807) is 6.07 Å². The van der Waals surface area contributed by atoms with Crippen molar-refractivity contribution in [2.75, 3.05) is 14.2 Å². The van der Waals surface area contributed by atoms with Crippen molar-refractivity contribution >= 4 is 16.0 Å². The van der Waals surface area contributed by atoms with Crippen LogP contribution in [0.2, 0.25) is 0 Å². The van der Waals surface area contributed by atoms with E-state index in [-0.39, 0.29) is 10.6 Å². The standard InChI is InChI=1S/C11H15NO6S/c1-7(11(13)14)12-19(15,16)10-6-8(17-2)4-5-9(10)18-3/h4-7,12H,1-3H3,(H,13,14)/t7-/m0/s1. The van der Waals surface area contributed by atoms with Crippen LogP contribution in [0, 0.1) is 0 Å². The summed E-state index contributed by atoms with van der Waals surface area (Å²) in [6, 6.07) is 2.98. The van der Waals surface area contributed by atoms with Crippen molar-refractivity contribution < 1.29 is 27.8 Å². The summed E-state index contributed by atoms with van der Waals surface area (Å²) in [5.41, 5.74) is 0. The van der Waals surface area contributed by atoms with Crippen LogP contribution in [0.5, 0.6) is 11.5 Å². The molecule has 0 heterocycles. The van der Waals surface area contributed by atoms with E-state index in [1.807, 2.05) is 4.72 Å². The Balaban J connectivity index is 3.22. The molecule has 0 fully saturated rings. The summed E-state index contributed by atoms with van der Waals surface area (Å²) in [6.45, 7) is 1.23. The van der Waals surface area contributed by atoms with Gasteiger partial charge in [-0.15, -0.1) is 0 Å². The van der Waals surface area contributed by atoms with Crippen LogP contribution in [0.1, 0.15) is 6.92 Å². The minimum atomic E-state index is -4.02. The number of hydrogen-bond donors (Lipinski definition) is 2. The lowest BCUT2D eigenvalue weighted by atomic mass is 10.3. The number of ether oxygens (including phenoxy) is 2. The zero-order valence-electron chi connectivity index (χ0n) is 10.7. The number of sulfonamides is 1. The Kier molecular flexibility index (Phi) is 4.73. The fourth-order valence-corrected chi connectivity index (χ4v) is 2.72. The van der Waals surface area contributed by atoms with Crippen molar-refractivity contribution in [1.82, 2.24) is 4.72 Å². The maximum absolute atomic E-state index is 12.1. The van der Waals surface area contributed by atoms with Crippen molar-refractivity contribution in [3.8, 4) is 11.5 Å². The fraction of sp³-hybridized carbons (Fsp3) is 0.364. The Morgan fingerprint density at radius 3 is 2.42 bits per heavy atom. The fourth-order valence-electron chi connectivity index (χ4n) is 1.34. The molecule has 0 aliphatic rings. The van der Waals surface area contributed by atoms with Crippen LogP contribution in [-0.4, -0.2) is 39.8 Å². The lowest BCUT2D eigenvalue weighted by molar-refractivity contribution is -0.138. The van der Waals surface area contributed by atoms with E-state index in [2.05, 4.69) is 0 Å². The lowest BCUT2D eigenvalue weighted by Crippen LogP contribution is -2.38. The summed E-state index contributed by atoms with van der Waals surface area (Å²) in [7, 11) is -1.30. The average Bonchev–Trinajstić information content (AvgIpc) is 2.37. The number of carbonyl (C=O) groups is 1. The molecule has 0 bridgehead atoms. The molecule has 0 aliphatic heterocycles. The number of hydrogen-bond acceptors (Lipinski definition) is 5. The minimum Gasteiger partial charge on any atom is -0.497 e. The number of methoxy groups -OCH3 is 2. The first-order valence-corrected chi connectivity index (χ1v) is 6.77. The van der Waals surface area contributed by atoms with Gasteiger partial charge in [-0.1, -0.05) is 0 Å². The van der Waals surface area contributed by atoms with Crippen molar-refractivity contribution in [1.29, 1.82) is 0 Å². The highest BCUT2D eigenvalue weighted by Crippen LogP contribution is 2.28. The minimum absolute atomic E-state index is 0.103. The third-order valence-electron chi connectivity index (χ3n) is 2.36. The summed E-state index contributed by atoms with van der Waals surface area (Å²) in [6.07, 6.45) is 0. The van der Waals surface area contributed by atoms with Gasteiger partial charge in [0.2, 0.25) is 10.0 Å². The molecular formula is C11H15NO6S. The maximum Gasteiger partial charge on any atom is 0.321 e. The van der Waals surface area contributed by atoms with Gasteiger partial charge in [-0.05, 0) is 19.1 Å². The first-order valence-electron chi connectivity index (χ1n) is 5.29. The molecule has 2 N–H and O–H groups in total. The molecule has 0 radical (unpaired) electrons. The van der Waals surface area contributed by atoms with E-state index in [9.17, 15) is 13.2 Å². The Morgan fingerprint density at radius 1 is 1.32 bits per heavy atom. The molecule has 1 aromatic carbocycles. The number of rotatable bonds is 6. The van der Waals surface area contributed by atoms with Gasteiger partial charge in [-0.2, -0.15) is 4.72 Å². The normalized spacial score (nSPS) is 12.8. The predicted molar refractivity (Wildman–Crippen MR) is 67.0 cm³/mol. The molecule has 0 unspecified atom stereocenters. The van der Waals surface area contributed by atoms with Gasteiger partial charge in [0, 0.05) is 6.07 Å². The third kappa shape index (κ3) is 3.58. The second kappa shape index (κ2) is 5.89. The van der Waals surface area contributed by atoms with Crippen LogP contribution in [0.15, 0.2) is 23.1 Å². The average molecular weight is 289 g/mol. The van der Waals surface area contributed by atoms with Crippen LogP contribution in [0.3, 0.4) is 0 Å². The number of carboxylic acids is 1. The number of carboxylic acid groups (broad SMARTS) is 1. The van der Waals surface area contributed by atoms with E-state index in [1.165, 1.54) is 33.3 Å². The molecule has 0 aliphatic carbocycles. The van der Waals surface area contributed by atoms with Crippen molar-refractivity contribution in [2.45, 2.75) is 17.9 Å². The predicted octanol–water partition coefficient (Wildman–Crippen LogP) is 0.455. The molecular weight excluding hydrogens is 274 g/mol. The van der Waals surface area contributed by atoms with Gasteiger partial charge in [-0.25, -0.2) is 8.42 Å². The summed E-state index contributed by atoms with van der Waals surface area (Å²) in [4.78, 5) is 10.5. The number of benzene rings is 1. The lowest BCUT2D eigenvalue weighted by Gasteiger charge is -2.14. The van der Waals surface area contributed by atoms with Crippen molar-refractivity contribution in [2.24, 2.45) is 0 Å². The van der Waals surface area contributed by atoms with Crippen molar-refractivity contribution in [3.05, 3.63) is 18.2 Å². The van der Waals surface area contributed by atoms with Gasteiger partial charge >= 0.3 is 5.97 Å². The molecule has 7 nitrogen and oxygen atoms in total. The molecule has 106 valence electrons. The number of aliphatic carboxylic acids is 1. The van der Waals surface area contributed by atoms with Gasteiger partial charge < -0.3 is 14.6 Å². The van der Waals surface area contributed by atoms with Crippen LogP contribution < -0.4 is 14.2 Å². The third-order valence-corrected chi connectivity index (χ3v) is 3.92. The summed E-state index contributed by atoms with van der Waals surface area (Å²) in [5.74, 6) is -0.847. The number of nitrogens with one attached hydrogen (secondary N) is 1. The monoisotopic (exact) mass is 289 g/mol. The zero-order chi connectivity index (χ0) is 14.6.